The number of epoxide rings is 1. The number of halogens is 1. The molecule has 1 aliphatic heterocycles. The Morgan fingerprint density at radius 2 is 2.00 bits per heavy atom. The van der Waals surface area contributed by atoms with Gasteiger partial charge in [0.05, 0.1) is 12.8 Å². The summed E-state index contributed by atoms with van der Waals surface area (Å²) >= 11 is 0. The molecule has 1 fully saturated rings. The van der Waals surface area contributed by atoms with Gasteiger partial charge in [-0.2, -0.15) is 10.2 Å². The van der Waals surface area contributed by atoms with E-state index in [0.29, 0.717) is 23.3 Å². The quantitative estimate of drug-likeness (QED) is 0.519. The second kappa shape index (κ2) is 6.45. The van der Waals surface area contributed by atoms with E-state index in [1.807, 2.05) is 26.0 Å². The van der Waals surface area contributed by atoms with Crippen molar-refractivity contribution in [1.82, 2.24) is 15.2 Å². The van der Waals surface area contributed by atoms with E-state index in [1.54, 1.807) is 18.2 Å². The summed E-state index contributed by atoms with van der Waals surface area (Å²) < 4.78 is 31.7. The molecule has 4 aromatic rings. The lowest BCUT2D eigenvalue weighted by Crippen LogP contribution is -2.05. The fraction of sp³-hybridized carbons (Fsp3) is 0.238. The number of nitrogens with one attached hydrogen (secondary N) is 1. The third kappa shape index (κ3) is 3.03. The van der Waals surface area contributed by atoms with Gasteiger partial charge in [0, 0.05) is 28.0 Å². The number of fused-ring (bicyclic) bond motifs is 2. The van der Waals surface area contributed by atoms with Crippen molar-refractivity contribution in [2.75, 3.05) is 13.2 Å². The number of nitrogens with zero attached hydrogens (tertiary/aromatic N) is 2. The van der Waals surface area contributed by atoms with Crippen LogP contribution in [0, 0.1) is 19.7 Å². The number of rotatable bonds is 5. The van der Waals surface area contributed by atoms with Gasteiger partial charge in [0.2, 0.25) is 0 Å². The van der Waals surface area contributed by atoms with Crippen molar-refractivity contribution < 1.29 is 18.6 Å². The Hall–Kier alpha value is -3.19. The highest BCUT2D eigenvalue weighted by Gasteiger charge is 2.23. The van der Waals surface area contributed by atoms with Crippen LogP contribution in [0.3, 0.4) is 0 Å². The van der Waals surface area contributed by atoms with E-state index < -0.39 is 5.82 Å². The molecule has 1 unspecified atom stereocenters. The number of aryl methyl sites for hydroxylation is 2. The van der Waals surface area contributed by atoms with Gasteiger partial charge < -0.3 is 19.2 Å². The molecule has 28 heavy (non-hydrogen) atoms. The Kier molecular flexibility index (Phi) is 3.91. The van der Waals surface area contributed by atoms with E-state index in [2.05, 4.69) is 15.2 Å². The van der Waals surface area contributed by atoms with Crippen molar-refractivity contribution in [3.63, 3.8) is 0 Å². The monoisotopic (exact) mass is 379 g/mol. The summed E-state index contributed by atoms with van der Waals surface area (Å²) in [5.74, 6) is 0.901. The second-order valence-corrected chi connectivity index (χ2v) is 7.00. The molecule has 0 saturated carbocycles. The van der Waals surface area contributed by atoms with Crippen LogP contribution in [0.15, 0.2) is 36.5 Å². The zero-order chi connectivity index (χ0) is 19.3. The van der Waals surface area contributed by atoms with Gasteiger partial charge in [-0.1, -0.05) is 0 Å². The van der Waals surface area contributed by atoms with Gasteiger partial charge in [0.1, 0.15) is 24.0 Å². The molecular weight excluding hydrogens is 361 g/mol. The maximum Gasteiger partial charge on any atom is 0.175 e. The van der Waals surface area contributed by atoms with E-state index in [-0.39, 0.29) is 11.9 Å². The summed E-state index contributed by atoms with van der Waals surface area (Å²) in [5.41, 5.74) is 3.18. The average molecular weight is 379 g/mol. The Balaban J connectivity index is 1.51. The summed E-state index contributed by atoms with van der Waals surface area (Å²) in [4.78, 5) is 3.12. The van der Waals surface area contributed by atoms with Crippen LogP contribution in [-0.2, 0) is 4.74 Å². The van der Waals surface area contributed by atoms with Crippen molar-refractivity contribution in [3.8, 4) is 17.2 Å². The molecule has 2 aromatic heterocycles. The second-order valence-electron chi connectivity index (χ2n) is 7.00. The van der Waals surface area contributed by atoms with Crippen LogP contribution in [-0.4, -0.2) is 34.5 Å². The Bertz CT molecular complexity index is 1200. The Morgan fingerprint density at radius 3 is 2.82 bits per heavy atom. The summed E-state index contributed by atoms with van der Waals surface area (Å²) in [6.07, 6.45) is 1.66. The number of aromatic amines is 1. The van der Waals surface area contributed by atoms with Gasteiger partial charge in [-0.15, -0.1) is 0 Å². The van der Waals surface area contributed by atoms with Crippen LogP contribution in [0.4, 0.5) is 4.39 Å². The molecule has 5 rings (SSSR count). The summed E-state index contributed by atoms with van der Waals surface area (Å²) in [6.45, 7) is 5.08. The first-order valence-corrected chi connectivity index (χ1v) is 9.04. The summed E-state index contributed by atoms with van der Waals surface area (Å²) in [7, 11) is 0. The highest BCUT2D eigenvalue weighted by atomic mass is 19.1. The van der Waals surface area contributed by atoms with Crippen LogP contribution in [0.25, 0.3) is 21.8 Å². The molecule has 7 heteroatoms. The van der Waals surface area contributed by atoms with E-state index in [1.165, 1.54) is 6.20 Å². The van der Waals surface area contributed by atoms with Crippen molar-refractivity contribution >= 4 is 21.8 Å². The summed E-state index contributed by atoms with van der Waals surface area (Å²) in [6, 6.07) is 8.91. The van der Waals surface area contributed by atoms with E-state index >= 15 is 0 Å². The first-order chi connectivity index (χ1) is 13.6. The Morgan fingerprint density at radius 1 is 1.14 bits per heavy atom. The minimum atomic E-state index is -0.409. The molecule has 0 aliphatic carbocycles. The minimum absolute atomic E-state index is 0.143. The highest BCUT2D eigenvalue weighted by Crippen LogP contribution is 2.35. The van der Waals surface area contributed by atoms with Gasteiger partial charge >= 0.3 is 0 Å². The molecule has 0 spiro atoms. The molecule has 6 nitrogen and oxygen atoms in total. The fourth-order valence-corrected chi connectivity index (χ4v) is 3.24. The number of aromatic nitrogens is 3. The third-order valence-corrected chi connectivity index (χ3v) is 4.78. The van der Waals surface area contributed by atoms with Crippen molar-refractivity contribution in [2.24, 2.45) is 0 Å². The third-order valence-electron chi connectivity index (χ3n) is 4.78. The molecule has 1 N–H and O–H groups in total. The van der Waals surface area contributed by atoms with Crippen LogP contribution in [0.5, 0.6) is 17.2 Å². The lowest BCUT2D eigenvalue weighted by Gasteiger charge is -2.12. The van der Waals surface area contributed by atoms with Crippen LogP contribution in [0.2, 0.25) is 0 Å². The van der Waals surface area contributed by atoms with Crippen LogP contribution in [0.1, 0.15) is 11.3 Å². The zero-order valence-electron chi connectivity index (χ0n) is 15.5. The van der Waals surface area contributed by atoms with Crippen LogP contribution >= 0.6 is 0 Å². The molecule has 142 valence electrons. The molecule has 1 aliphatic rings. The SMILES string of the molecule is Cc1cc2c(F)c(Oc3cnnc4cc(OCC5CO5)c(C)cc34)ccc2[nH]1. The molecule has 1 atom stereocenters. The number of H-pyrrole nitrogens is 1. The molecule has 0 bridgehead atoms. The van der Waals surface area contributed by atoms with E-state index in [0.717, 1.165) is 34.5 Å². The lowest BCUT2D eigenvalue weighted by molar-refractivity contribution is 0.262. The lowest BCUT2D eigenvalue weighted by atomic mass is 10.1. The van der Waals surface area contributed by atoms with Crippen LogP contribution < -0.4 is 9.47 Å². The Labute approximate surface area is 160 Å². The number of benzene rings is 2. The molecule has 2 aromatic carbocycles. The average Bonchev–Trinajstić information content (AvgIpc) is 3.42. The first kappa shape index (κ1) is 16.9. The highest BCUT2D eigenvalue weighted by molar-refractivity contribution is 5.87. The summed E-state index contributed by atoms with van der Waals surface area (Å²) in [5, 5.41) is 9.40. The minimum Gasteiger partial charge on any atom is -0.490 e. The van der Waals surface area contributed by atoms with E-state index in [9.17, 15) is 4.39 Å². The van der Waals surface area contributed by atoms with Gasteiger partial charge in [0.25, 0.3) is 0 Å². The molecule has 0 amide bonds. The predicted molar refractivity (Wildman–Crippen MR) is 103 cm³/mol. The fourth-order valence-electron chi connectivity index (χ4n) is 3.24. The molecule has 0 radical (unpaired) electrons. The van der Waals surface area contributed by atoms with Gasteiger partial charge in [-0.25, -0.2) is 4.39 Å². The standard InChI is InChI=1S/C21H18FN3O3/c1-11-5-14-17(7-19(11)27-10-13-9-26-13)25-23-8-20(14)28-18-4-3-16-15(21(18)22)6-12(2)24-16/h3-8,13,24H,9-10H2,1-2H3. The van der Waals surface area contributed by atoms with Gasteiger partial charge in [0.15, 0.2) is 17.3 Å². The number of hydrogen-bond acceptors (Lipinski definition) is 5. The molecule has 3 heterocycles. The molecule has 1 saturated heterocycles. The van der Waals surface area contributed by atoms with Crippen molar-refractivity contribution in [1.29, 1.82) is 0 Å². The first-order valence-electron chi connectivity index (χ1n) is 9.04. The maximum absolute atomic E-state index is 14.9. The number of ether oxygens (including phenoxy) is 3. The largest absolute Gasteiger partial charge is 0.490 e. The zero-order valence-corrected chi connectivity index (χ0v) is 15.5. The van der Waals surface area contributed by atoms with Gasteiger partial charge in [-0.05, 0) is 43.7 Å². The number of hydrogen-bond donors (Lipinski definition) is 1. The van der Waals surface area contributed by atoms with Gasteiger partial charge in [-0.3, -0.25) is 0 Å². The predicted octanol–water partition coefficient (Wildman–Crippen LogP) is 4.44. The topological polar surface area (TPSA) is 72.6 Å². The normalized spacial score (nSPS) is 15.9. The molecular formula is C21H18FN3O3. The van der Waals surface area contributed by atoms with Crippen molar-refractivity contribution in [3.05, 3.63) is 53.6 Å². The van der Waals surface area contributed by atoms with E-state index in [4.69, 9.17) is 14.2 Å². The van der Waals surface area contributed by atoms with Crippen molar-refractivity contribution in [2.45, 2.75) is 20.0 Å². The smallest absolute Gasteiger partial charge is 0.175 e. The maximum atomic E-state index is 14.9.